The number of hydrogen-bond donors (Lipinski definition) is 1. The molecule has 0 saturated carbocycles. The summed E-state index contributed by atoms with van der Waals surface area (Å²) in [6, 6.07) is 1.90. The molecule has 78 valence electrons. The van der Waals surface area contributed by atoms with Crippen LogP contribution in [0.1, 0.15) is 24.3 Å². The molecule has 1 unspecified atom stereocenters. The van der Waals surface area contributed by atoms with Gasteiger partial charge in [-0.1, -0.05) is 17.7 Å². The summed E-state index contributed by atoms with van der Waals surface area (Å²) in [6.07, 6.45) is -5.45. The minimum Gasteiger partial charge on any atom is -0.389 e. The van der Waals surface area contributed by atoms with E-state index in [4.69, 9.17) is 16.7 Å². The van der Waals surface area contributed by atoms with E-state index in [0.717, 1.165) is 12.1 Å². The summed E-state index contributed by atoms with van der Waals surface area (Å²) in [5, 5.41) is 8.77. The van der Waals surface area contributed by atoms with Crippen molar-refractivity contribution in [3.63, 3.8) is 0 Å². The van der Waals surface area contributed by atoms with E-state index < -0.39 is 18.0 Å². The Hall–Kier alpha value is -0.810. The monoisotopic (exact) mass is 225 g/mol. The van der Waals surface area contributed by atoms with Crippen LogP contribution in [0.4, 0.5) is 13.2 Å². The normalized spacial score (nSPS) is 14.1. The number of halogens is 4. The Balaban J connectivity index is 3.13. The SMILES string of the molecule is CC(O)c1ccc(C(F)(F)F)nc1Cl. The van der Waals surface area contributed by atoms with Gasteiger partial charge in [0.05, 0.1) is 6.10 Å². The van der Waals surface area contributed by atoms with Crippen molar-refractivity contribution in [1.82, 2.24) is 4.98 Å². The van der Waals surface area contributed by atoms with Crippen LogP contribution in [0.2, 0.25) is 5.15 Å². The average molecular weight is 226 g/mol. The Bertz CT molecular complexity index is 338. The number of rotatable bonds is 1. The highest BCUT2D eigenvalue weighted by Crippen LogP contribution is 2.30. The highest BCUT2D eigenvalue weighted by Gasteiger charge is 2.33. The number of alkyl halides is 3. The predicted octanol–water partition coefficient (Wildman–Crippen LogP) is 2.81. The van der Waals surface area contributed by atoms with Crippen LogP contribution in [-0.2, 0) is 6.18 Å². The van der Waals surface area contributed by atoms with Gasteiger partial charge < -0.3 is 5.11 Å². The van der Waals surface area contributed by atoms with E-state index >= 15 is 0 Å². The highest BCUT2D eigenvalue weighted by molar-refractivity contribution is 6.30. The molecule has 0 aliphatic heterocycles. The molecule has 0 fully saturated rings. The maximum absolute atomic E-state index is 12.1. The molecule has 1 atom stereocenters. The third kappa shape index (κ3) is 2.36. The molecule has 6 heteroatoms. The van der Waals surface area contributed by atoms with Gasteiger partial charge in [-0.15, -0.1) is 0 Å². The third-order valence-electron chi connectivity index (χ3n) is 1.62. The Morgan fingerprint density at radius 3 is 2.36 bits per heavy atom. The Morgan fingerprint density at radius 2 is 2.00 bits per heavy atom. The third-order valence-corrected chi connectivity index (χ3v) is 1.92. The van der Waals surface area contributed by atoms with Crippen LogP contribution in [-0.4, -0.2) is 10.1 Å². The molecule has 1 aromatic rings. The minimum absolute atomic E-state index is 0.180. The number of aliphatic hydroxyl groups excluding tert-OH is 1. The fraction of sp³-hybridized carbons (Fsp3) is 0.375. The maximum atomic E-state index is 12.1. The topological polar surface area (TPSA) is 33.1 Å². The van der Waals surface area contributed by atoms with Gasteiger partial charge in [-0.05, 0) is 13.0 Å². The molecular weight excluding hydrogens is 219 g/mol. The highest BCUT2D eigenvalue weighted by atomic mass is 35.5. The van der Waals surface area contributed by atoms with E-state index in [0.29, 0.717) is 0 Å². The van der Waals surface area contributed by atoms with Gasteiger partial charge in [0.2, 0.25) is 0 Å². The van der Waals surface area contributed by atoms with Crippen molar-refractivity contribution in [3.05, 3.63) is 28.5 Å². The van der Waals surface area contributed by atoms with Crippen LogP contribution in [0.5, 0.6) is 0 Å². The molecule has 0 amide bonds. The smallest absolute Gasteiger partial charge is 0.389 e. The lowest BCUT2D eigenvalue weighted by atomic mass is 10.2. The molecule has 0 spiro atoms. The number of hydrogen-bond acceptors (Lipinski definition) is 2. The lowest BCUT2D eigenvalue weighted by Gasteiger charge is -2.10. The molecule has 1 N–H and O–H groups in total. The van der Waals surface area contributed by atoms with Crippen LogP contribution in [0.25, 0.3) is 0 Å². The number of nitrogens with zero attached hydrogens (tertiary/aromatic N) is 1. The van der Waals surface area contributed by atoms with Crippen LogP contribution >= 0.6 is 11.6 Å². The first-order chi connectivity index (χ1) is 6.32. The molecule has 1 aromatic heterocycles. The zero-order valence-corrected chi connectivity index (χ0v) is 7.89. The Morgan fingerprint density at radius 1 is 1.43 bits per heavy atom. The van der Waals surface area contributed by atoms with Crippen LogP contribution in [0.3, 0.4) is 0 Å². The summed E-state index contributed by atoms with van der Waals surface area (Å²) in [7, 11) is 0. The van der Waals surface area contributed by atoms with Gasteiger partial charge in [0, 0.05) is 5.56 Å². The summed E-state index contributed by atoms with van der Waals surface area (Å²) in [4.78, 5) is 3.15. The fourth-order valence-electron chi connectivity index (χ4n) is 0.915. The van der Waals surface area contributed by atoms with Gasteiger partial charge in [0.15, 0.2) is 0 Å². The Labute approximate surface area is 83.3 Å². The summed E-state index contributed by atoms with van der Waals surface area (Å²) in [5.74, 6) is 0. The van der Waals surface area contributed by atoms with E-state index in [1.165, 1.54) is 6.92 Å². The Kier molecular flexibility index (Phi) is 3.01. The van der Waals surface area contributed by atoms with Gasteiger partial charge in [0.25, 0.3) is 0 Å². The second-order valence-corrected chi connectivity index (χ2v) is 3.11. The van der Waals surface area contributed by atoms with Crippen LogP contribution in [0, 0.1) is 0 Å². The zero-order chi connectivity index (χ0) is 10.9. The van der Waals surface area contributed by atoms with E-state index in [-0.39, 0.29) is 10.7 Å². The molecule has 0 bridgehead atoms. The van der Waals surface area contributed by atoms with Gasteiger partial charge >= 0.3 is 6.18 Å². The maximum Gasteiger partial charge on any atom is 0.433 e. The van der Waals surface area contributed by atoms with Gasteiger partial charge in [-0.25, -0.2) is 4.98 Å². The number of pyridine rings is 1. The van der Waals surface area contributed by atoms with Crippen LogP contribution in [0.15, 0.2) is 12.1 Å². The van der Waals surface area contributed by atoms with Crippen molar-refractivity contribution in [2.24, 2.45) is 0 Å². The first kappa shape index (κ1) is 11.3. The summed E-state index contributed by atoms with van der Waals surface area (Å²) >= 11 is 5.46. The average Bonchev–Trinajstić information content (AvgIpc) is 2.01. The van der Waals surface area contributed by atoms with Crippen molar-refractivity contribution in [2.75, 3.05) is 0 Å². The molecule has 14 heavy (non-hydrogen) atoms. The molecule has 0 aliphatic rings. The van der Waals surface area contributed by atoms with E-state index in [1.54, 1.807) is 0 Å². The molecule has 2 nitrogen and oxygen atoms in total. The number of aromatic nitrogens is 1. The van der Waals surface area contributed by atoms with Crippen LogP contribution < -0.4 is 0 Å². The van der Waals surface area contributed by atoms with Crippen molar-refractivity contribution in [1.29, 1.82) is 0 Å². The van der Waals surface area contributed by atoms with Gasteiger partial charge in [-0.2, -0.15) is 13.2 Å². The summed E-state index contributed by atoms with van der Waals surface area (Å²) < 4.78 is 36.4. The minimum atomic E-state index is -4.51. The van der Waals surface area contributed by atoms with E-state index in [2.05, 4.69) is 4.98 Å². The standard InChI is InChI=1S/C8H7ClF3NO/c1-4(14)5-2-3-6(8(10,11)12)13-7(5)9/h2-4,14H,1H3. The lowest BCUT2D eigenvalue weighted by molar-refractivity contribution is -0.141. The largest absolute Gasteiger partial charge is 0.433 e. The number of aliphatic hydroxyl groups is 1. The second kappa shape index (κ2) is 3.74. The molecule has 0 radical (unpaired) electrons. The molecule has 0 saturated heterocycles. The van der Waals surface area contributed by atoms with Crippen molar-refractivity contribution >= 4 is 11.6 Å². The first-order valence-electron chi connectivity index (χ1n) is 3.74. The van der Waals surface area contributed by atoms with Crippen molar-refractivity contribution < 1.29 is 18.3 Å². The molecule has 1 rings (SSSR count). The molecular formula is C8H7ClF3NO. The zero-order valence-electron chi connectivity index (χ0n) is 7.14. The van der Waals surface area contributed by atoms with Crippen molar-refractivity contribution in [2.45, 2.75) is 19.2 Å². The van der Waals surface area contributed by atoms with Crippen molar-refractivity contribution in [3.8, 4) is 0 Å². The summed E-state index contributed by atoms with van der Waals surface area (Å²) in [6.45, 7) is 1.40. The van der Waals surface area contributed by atoms with E-state index in [1.807, 2.05) is 0 Å². The molecule has 0 aliphatic carbocycles. The van der Waals surface area contributed by atoms with Gasteiger partial charge in [0.1, 0.15) is 10.8 Å². The molecule has 0 aromatic carbocycles. The predicted molar refractivity (Wildman–Crippen MR) is 44.9 cm³/mol. The van der Waals surface area contributed by atoms with E-state index in [9.17, 15) is 13.2 Å². The lowest BCUT2D eigenvalue weighted by Crippen LogP contribution is -2.09. The van der Waals surface area contributed by atoms with Gasteiger partial charge in [-0.3, -0.25) is 0 Å². The quantitative estimate of drug-likeness (QED) is 0.746. The summed E-state index contributed by atoms with van der Waals surface area (Å²) in [5.41, 5.74) is -0.883. The molecule has 1 heterocycles. The first-order valence-corrected chi connectivity index (χ1v) is 4.12. The second-order valence-electron chi connectivity index (χ2n) is 2.75. The fourth-order valence-corrected chi connectivity index (χ4v) is 1.23.